The fourth-order valence-electron chi connectivity index (χ4n) is 2.29. The second-order valence-electron chi connectivity index (χ2n) is 5.11. The SMILES string of the molecule is Cc1ccc(NCc2cccc3c2OCCCO3)cc1Cl. The van der Waals surface area contributed by atoms with Crippen LogP contribution in [0.5, 0.6) is 11.5 Å². The van der Waals surface area contributed by atoms with Crippen LogP contribution >= 0.6 is 11.6 Å². The lowest BCUT2D eigenvalue weighted by molar-refractivity contribution is 0.296. The maximum Gasteiger partial charge on any atom is 0.166 e. The number of hydrogen-bond acceptors (Lipinski definition) is 3. The summed E-state index contributed by atoms with van der Waals surface area (Å²) in [5.74, 6) is 1.68. The van der Waals surface area contributed by atoms with Crippen molar-refractivity contribution in [2.75, 3.05) is 18.5 Å². The van der Waals surface area contributed by atoms with E-state index in [2.05, 4.69) is 11.4 Å². The first-order valence-electron chi connectivity index (χ1n) is 7.11. The van der Waals surface area contributed by atoms with Gasteiger partial charge in [0.05, 0.1) is 13.2 Å². The van der Waals surface area contributed by atoms with E-state index < -0.39 is 0 Å². The van der Waals surface area contributed by atoms with Crippen LogP contribution in [-0.2, 0) is 6.54 Å². The molecule has 4 heteroatoms. The van der Waals surface area contributed by atoms with E-state index in [9.17, 15) is 0 Å². The highest BCUT2D eigenvalue weighted by atomic mass is 35.5. The molecule has 0 aromatic heterocycles. The minimum Gasteiger partial charge on any atom is -0.490 e. The molecule has 1 heterocycles. The highest BCUT2D eigenvalue weighted by molar-refractivity contribution is 6.31. The van der Waals surface area contributed by atoms with E-state index in [0.29, 0.717) is 19.8 Å². The zero-order chi connectivity index (χ0) is 14.7. The van der Waals surface area contributed by atoms with Gasteiger partial charge in [0.2, 0.25) is 0 Å². The number of ether oxygens (including phenoxy) is 2. The monoisotopic (exact) mass is 303 g/mol. The minimum absolute atomic E-state index is 0.673. The summed E-state index contributed by atoms with van der Waals surface area (Å²) in [7, 11) is 0. The highest BCUT2D eigenvalue weighted by Crippen LogP contribution is 2.33. The molecule has 0 fully saturated rings. The van der Waals surface area contributed by atoms with E-state index >= 15 is 0 Å². The molecule has 0 saturated carbocycles. The molecule has 1 aliphatic rings. The quantitative estimate of drug-likeness (QED) is 0.910. The fourth-order valence-corrected chi connectivity index (χ4v) is 2.47. The molecule has 21 heavy (non-hydrogen) atoms. The van der Waals surface area contributed by atoms with Crippen LogP contribution in [0.2, 0.25) is 5.02 Å². The molecule has 2 aromatic carbocycles. The highest BCUT2D eigenvalue weighted by Gasteiger charge is 2.14. The van der Waals surface area contributed by atoms with Crippen molar-refractivity contribution in [1.82, 2.24) is 0 Å². The van der Waals surface area contributed by atoms with E-state index in [-0.39, 0.29) is 0 Å². The number of anilines is 1. The van der Waals surface area contributed by atoms with Crippen LogP contribution in [0, 0.1) is 6.92 Å². The van der Waals surface area contributed by atoms with Crippen molar-refractivity contribution in [3.05, 3.63) is 52.5 Å². The molecule has 1 N–H and O–H groups in total. The van der Waals surface area contributed by atoms with E-state index in [1.165, 1.54) is 0 Å². The Morgan fingerprint density at radius 2 is 2.00 bits per heavy atom. The maximum atomic E-state index is 6.15. The predicted octanol–water partition coefficient (Wildman–Crippen LogP) is 4.42. The Bertz CT molecular complexity index is 643. The van der Waals surface area contributed by atoms with Crippen LogP contribution in [0.15, 0.2) is 36.4 Å². The van der Waals surface area contributed by atoms with Gasteiger partial charge in [-0.15, -0.1) is 0 Å². The van der Waals surface area contributed by atoms with E-state index in [1.54, 1.807) is 0 Å². The van der Waals surface area contributed by atoms with Crippen LogP contribution in [0.25, 0.3) is 0 Å². The zero-order valence-corrected chi connectivity index (χ0v) is 12.7. The summed E-state index contributed by atoms with van der Waals surface area (Å²) in [6, 6.07) is 12.0. The topological polar surface area (TPSA) is 30.5 Å². The van der Waals surface area contributed by atoms with Crippen molar-refractivity contribution in [1.29, 1.82) is 0 Å². The summed E-state index contributed by atoms with van der Waals surface area (Å²) in [6.07, 6.45) is 0.912. The van der Waals surface area contributed by atoms with Gasteiger partial charge < -0.3 is 14.8 Å². The van der Waals surface area contributed by atoms with Gasteiger partial charge in [-0.25, -0.2) is 0 Å². The van der Waals surface area contributed by atoms with Gasteiger partial charge in [-0.3, -0.25) is 0 Å². The Balaban J connectivity index is 1.77. The zero-order valence-electron chi connectivity index (χ0n) is 12.0. The molecule has 0 atom stereocenters. The minimum atomic E-state index is 0.673. The number of rotatable bonds is 3. The summed E-state index contributed by atoms with van der Waals surface area (Å²) in [4.78, 5) is 0. The van der Waals surface area contributed by atoms with Gasteiger partial charge in [0.25, 0.3) is 0 Å². The second kappa shape index (κ2) is 6.27. The lowest BCUT2D eigenvalue weighted by Gasteiger charge is -2.14. The molecular weight excluding hydrogens is 286 g/mol. The third kappa shape index (κ3) is 3.24. The first kappa shape index (κ1) is 14.1. The van der Waals surface area contributed by atoms with Crippen LogP contribution in [0.1, 0.15) is 17.5 Å². The molecule has 0 spiro atoms. The maximum absolute atomic E-state index is 6.15. The Labute approximate surface area is 129 Å². The first-order chi connectivity index (χ1) is 10.2. The normalized spacial score (nSPS) is 13.6. The largest absolute Gasteiger partial charge is 0.490 e. The molecule has 0 saturated heterocycles. The number of nitrogens with one attached hydrogen (secondary N) is 1. The number of aryl methyl sites for hydroxylation is 1. The first-order valence-corrected chi connectivity index (χ1v) is 7.49. The van der Waals surface area contributed by atoms with E-state index in [1.807, 2.05) is 37.3 Å². The van der Waals surface area contributed by atoms with Crippen LogP contribution in [-0.4, -0.2) is 13.2 Å². The van der Waals surface area contributed by atoms with Gasteiger partial charge in [0.1, 0.15) is 0 Å². The molecule has 2 aromatic rings. The Morgan fingerprint density at radius 1 is 1.14 bits per heavy atom. The summed E-state index contributed by atoms with van der Waals surface area (Å²) in [5.41, 5.74) is 3.16. The number of halogens is 1. The summed E-state index contributed by atoms with van der Waals surface area (Å²) < 4.78 is 11.5. The Hall–Kier alpha value is -1.87. The van der Waals surface area contributed by atoms with Crippen LogP contribution in [0.4, 0.5) is 5.69 Å². The summed E-state index contributed by atoms with van der Waals surface area (Å²) in [5, 5.41) is 4.15. The molecule has 1 aliphatic heterocycles. The predicted molar refractivity (Wildman–Crippen MR) is 85.6 cm³/mol. The van der Waals surface area contributed by atoms with Gasteiger partial charge >= 0.3 is 0 Å². The Morgan fingerprint density at radius 3 is 2.86 bits per heavy atom. The number of benzene rings is 2. The molecule has 3 nitrogen and oxygen atoms in total. The van der Waals surface area contributed by atoms with Gasteiger partial charge in [0.15, 0.2) is 11.5 Å². The van der Waals surface area contributed by atoms with E-state index in [4.69, 9.17) is 21.1 Å². The van der Waals surface area contributed by atoms with Crippen molar-refractivity contribution < 1.29 is 9.47 Å². The average molecular weight is 304 g/mol. The lowest BCUT2D eigenvalue weighted by atomic mass is 10.1. The number of hydrogen-bond donors (Lipinski definition) is 1. The molecule has 0 amide bonds. The van der Waals surface area contributed by atoms with Gasteiger partial charge in [-0.1, -0.05) is 29.8 Å². The molecule has 3 rings (SSSR count). The molecule has 0 bridgehead atoms. The lowest BCUT2D eigenvalue weighted by Crippen LogP contribution is -2.03. The smallest absolute Gasteiger partial charge is 0.166 e. The van der Waals surface area contributed by atoms with Crippen molar-refractivity contribution in [3.63, 3.8) is 0 Å². The van der Waals surface area contributed by atoms with E-state index in [0.717, 1.165) is 39.8 Å². The number of para-hydroxylation sites is 1. The average Bonchev–Trinajstić information content (AvgIpc) is 2.74. The van der Waals surface area contributed by atoms with Gasteiger partial charge in [-0.2, -0.15) is 0 Å². The Kier molecular flexibility index (Phi) is 4.20. The molecule has 0 aliphatic carbocycles. The van der Waals surface area contributed by atoms with Gasteiger partial charge in [0, 0.05) is 29.2 Å². The van der Waals surface area contributed by atoms with Crippen molar-refractivity contribution in [2.24, 2.45) is 0 Å². The van der Waals surface area contributed by atoms with Crippen LogP contribution < -0.4 is 14.8 Å². The van der Waals surface area contributed by atoms with Gasteiger partial charge in [-0.05, 0) is 30.7 Å². The third-order valence-electron chi connectivity index (χ3n) is 3.51. The van der Waals surface area contributed by atoms with Crippen molar-refractivity contribution in [2.45, 2.75) is 19.9 Å². The van der Waals surface area contributed by atoms with Crippen molar-refractivity contribution in [3.8, 4) is 11.5 Å². The second-order valence-corrected chi connectivity index (χ2v) is 5.52. The molecule has 110 valence electrons. The van der Waals surface area contributed by atoms with Crippen molar-refractivity contribution >= 4 is 17.3 Å². The van der Waals surface area contributed by atoms with Crippen LogP contribution in [0.3, 0.4) is 0 Å². The summed E-state index contributed by atoms with van der Waals surface area (Å²) >= 11 is 6.15. The molecule has 0 radical (unpaired) electrons. The summed E-state index contributed by atoms with van der Waals surface area (Å²) in [6.45, 7) is 4.07. The molecular formula is C17H18ClNO2. The standard InChI is InChI=1S/C17H18ClNO2/c1-12-6-7-14(10-15(12)18)19-11-13-4-2-5-16-17(13)21-9-3-8-20-16/h2,4-7,10,19H,3,8-9,11H2,1H3. The fraction of sp³-hybridized carbons (Fsp3) is 0.294. The number of fused-ring (bicyclic) bond motifs is 1. The third-order valence-corrected chi connectivity index (χ3v) is 3.92. The molecule has 0 unspecified atom stereocenters.